The minimum atomic E-state index is -0.808. The Balaban J connectivity index is 2.33. The highest BCUT2D eigenvalue weighted by molar-refractivity contribution is 5.81. The topological polar surface area (TPSA) is 17.1 Å². The molecule has 2 heteroatoms. The van der Waals surface area contributed by atoms with Gasteiger partial charge in [-0.05, 0) is 13.3 Å². The van der Waals surface area contributed by atoms with Gasteiger partial charge in [0.2, 0.25) is 0 Å². The molecular weight excluding hydrogens is 95.1 g/mol. The zero-order chi connectivity index (χ0) is 5.44. The summed E-state index contributed by atoms with van der Waals surface area (Å²) in [5.41, 5.74) is 0. The van der Waals surface area contributed by atoms with E-state index >= 15 is 0 Å². The van der Waals surface area contributed by atoms with Crippen LogP contribution >= 0.6 is 0 Å². The van der Waals surface area contributed by atoms with Gasteiger partial charge in [0, 0.05) is 0 Å². The summed E-state index contributed by atoms with van der Waals surface area (Å²) in [5.74, 6) is -0.243. The molecule has 0 amide bonds. The van der Waals surface area contributed by atoms with Crippen molar-refractivity contribution in [2.24, 2.45) is 5.92 Å². The molecular formula is C5H7FO. The highest BCUT2D eigenvalue weighted by atomic mass is 19.1. The van der Waals surface area contributed by atoms with E-state index in [-0.39, 0.29) is 11.7 Å². The van der Waals surface area contributed by atoms with Crippen molar-refractivity contribution in [1.82, 2.24) is 0 Å². The first-order chi connectivity index (χ1) is 3.22. The predicted octanol–water partition coefficient (Wildman–Crippen LogP) is 0.933. The van der Waals surface area contributed by atoms with Crippen LogP contribution in [0.25, 0.3) is 0 Å². The fourth-order valence-electron chi connectivity index (χ4n) is 0.585. The second kappa shape index (κ2) is 1.29. The fraction of sp³-hybridized carbons (Fsp3) is 0.800. The van der Waals surface area contributed by atoms with Crippen molar-refractivity contribution < 1.29 is 9.18 Å². The standard InChI is InChI=1S/C5H7FO/c1-3(7)4-2-5(4)6/h4-5H,2H2,1H3/t4-,5+/m0/s1. The number of rotatable bonds is 1. The smallest absolute Gasteiger partial charge is 0.135 e. The molecule has 1 nitrogen and oxygen atoms in total. The number of carbonyl (C=O) groups is 1. The van der Waals surface area contributed by atoms with Gasteiger partial charge in [0.1, 0.15) is 12.0 Å². The minimum absolute atomic E-state index is 0.00694. The molecule has 1 rings (SSSR count). The van der Waals surface area contributed by atoms with Gasteiger partial charge in [-0.15, -0.1) is 0 Å². The van der Waals surface area contributed by atoms with Crippen LogP contribution in [0.15, 0.2) is 0 Å². The first-order valence-electron chi connectivity index (χ1n) is 2.36. The maximum Gasteiger partial charge on any atom is 0.135 e. The third-order valence-corrected chi connectivity index (χ3v) is 1.23. The lowest BCUT2D eigenvalue weighted by Crippen LogP contribution is -1.93. The molecule has 1 saturated carbocycles. The molecule has 0 aromatic carbocycles. The number of Topliss-reactive ketones (excluding diaryl/α,β-unsaturated/α-hetero) is 1. The van der Waals surface area contributed by atoms with Crippen LogP contribution < -0.4 is 0 Å². The number of halogens is 1. The first-order valence-corrected chi connectivity index (χ1v) is 2.36. The Morgan fingerprint density at radius 1 is 1.86 bits per heavy atom. The number of alkyl halides is 1. The second-order valence-electron chi connectivity index (χ2n) is 1.97. The van der Waals surface area contributed by atoms with E-state index in [4.69, 9.17) is 0 Å². The molecule has 0 spiro atoms. The van der Waals surface area contributed by atoms with Gasteiger partial charge in [-0.25, -0.2) is 4.39 Å². The molecule has 0 aromatic heterocycles. The predicted molar refractivity (Wildman–Crippen MR) is 23.7 cm³/mol. The van der Waals surface area contributed by atoms with Gasteiger partial charge in [0.25, 0.3) is 0 Å². The van der Waals surface area contributed by atoms with Crippen LogP contribution in [0.1, 0.15) is 13.3 Å². The normalized spacial score (nSPS) is 38.0. The van der Waals surface area contributed by atoms with Crippen LogP contribution in [0.3, 0.4) is 0 Å². The van der Waals surface area contributed by atoms with Crippen molar-refractivity contribution in [2.75, 3.05) is 0 Å². The zero-order valence-electron chi connectivity index (χ0n) is 4.15. The Hall–Kier alpha value is -0.400. The van der Waals surface area contributed by atoms with Crippen molar-refractivity contribution >= 4 is 5.78 Å². The lowest BCUT2D eigenvalue weighted by molar-refractivity contribution is -0.118. The van der Waals surface area contributed by atoms with Crippen LogP contribution in [0.2, 0.25) is 0 Å². The molecule has 7 heavy (non-hydrogen) atoms. The maximum absolute atomic E-state index is 11.8. The number of hydrogen-bond acceptors (Lipinski definition) is 1. The molecule has 40 valence electrons. The van der Waals surface area contributed by atoms with Crippen molar-refractivity contribution in [3.05, 3.63) is 0 Å². The Bertz CT molecular complexity index is 100. The summed E-state index contributed by atoms with van der Waals surface area (Å²) < 4.78 is 11.8. The molecule has 1 aliphatic carbocycles. The van der Waals surface area contributed by atoms with E-state index in [9.17, 15) is 9.18 Å². The highest BCUT2D eigenvalue weighted by Gasteiger charge is 2.40. The van der Waals surface area contributed by atoms with Crippen LogP contribution in [-0.4, -0.2) is 12.0 Å². The molecule has 0 saturated heterocycles. The van der Waals surface area contributed by atoms with Gasteiger partial charge in [-0.1, -0.05) is 0 Å². The van der Waals surface area contributed by atoms with E-state index in [1.807, 2.05) is 0 Å². The van der Waals surface area contributed by atoms with Crippen molar-refractivity contribution in [1.29, 1.82) is 0 Å². The molecule has 0 bridgehead atoms. The molecule has 1 aliphatic rings. The molecule has 0 N–H and O–H groups in total. The van der Waals surface area contributed by atoms with E-state index in [0.29, 0.717) is 6.42 Å². The van der Waals surface area contributed by atoms with Crippen LogP contribution in [-0.2, 0) is 4.79 Å². The summed E-state index contributed by atoms with van der Waals surface area (Å²) in [6, 6.07) is 0. The average molecular weight is 102 g/mol. The average Bonchev–Trinajstić information content (AvgIpc) is 2.17. The number of carbonyl (C=O) groups excluding carboxylic acids is 1. The Morgan fingerprint density at radius 2 is 2.29 bits per heavy atom. The van der Waals surface area contributed by atoms with E-state index < -0.39 is 6.17 Å². The minimum Gasteiger partial charge on any atom is -0.300 e. The summed E-state index contributed by atoms with van der Waals surface area (Å²) in [4.78, 5) is 10.2. The van der Waals surface area contributed by atoms with Gasteiger partial charge in [0.15, 0.2) is 0 Å². The SMILES string of the molecule is CC(=O)[C@@H]1C[C@H]1F. The fourth-order valence-corrected chi connectivity index (χ4v) is 0.585. The summed E-state index contributed by atoms with van der Waals surface area (Å²) >= 11 is 0. The second-order valence-corrected chi connectivity index (χ2v) is 1.97. The summed E-state index contributed by atoms with van der Waals surface area (Å²) in [5, 5.41) is 0. The van der Waals surface area contributed by atoms with Gasteiger partial charge in [-0.3, -0.25) is 4.79 Å². The molecule has 0 unspecified atom stereocenters. The summed E-state index contributed by atoms with van der Waals surface area (Å²) in [6.45, 7) is 1.43. The van der Waals surface area contributed by atoms with E-state index in [0.717, 1.165) is 0 Å². The highest BCUT2D eigenvalue weighted by Crippen LogP contribution is 2.33. The lowest BCUT2D eigenvalue weighted by Gasteiger charge is -1.78. The Labute approximate surface area is 41.5 Å². The largest absolute Gasteiger partial charge is 0.300 e. The monoisotopic (exact) mass is 102 g/mol. The van der Waals surface area contributed by atoms with Crippen LogP contribution in [0.4, 0.5) is 4.39 Å². The van der Waals surface area contributed by atoms with Gasteiger partial charge >= 0.3 is 0 Å². The Morgan fingerprint density at radius 3 is 2.29 bits per heavy atom. The molecule has 0 radical (unpaired) electrons. The van der Waals surface area contributed by atoms with Gasteiger partial charge in [0.05, 0.1) is 5.92 Å². The molecule has 1 fully saturated rings. The number of hydrogen-bond donors (Lipinski definition) is 0. The lowest BCUT2D eigenvalue weighted by atomic mass is 10.3. The third kappa shape index (κ3) is 0.787. The van der Waals surface area contributed by atoms with Gasteiger partial charge in [-0.2, -0.15) is 0 Å². The molecule has 0 aliphatic heterocycles. The van der Waals surface area contributed by atoms with Crippen molar-refractivity contribution in [2.45, 2.75) is 19.5 Å². The summed E-state index contributed by atoms with van der Waals surface area (Å²) in [6.07, 6.45) is -0.340. The third-order valence-electron chi connectivity index (χ3n) is 1.23. The quantitative estimate of drug-likeness (QED) is 0.481. The van der Waals surface area contributed by atoms with Crippen LogP contribution in [0, 0.1) is 5.92 Å². The molecule has 0 heterocycles. The first kappa shape index (κ1) is 4.75. The van der Waals surface area contributed by atoms with E-state index in [1.165, 1.54) is 6.92 Å². The zero-order valence-corrected chi connectivity index (χ0v) is 4.15. The maximum atomic E-state index is 11.8. The van der Waals surface area contributed by atoms with Crippen LogP contribution in [0.5, 0.6) is 0 Å². The summed E-state index contributed by atoms with van der Waals surface area (Å²) in [7, 11) is 0. The molecule has 0 aromatic rings. The van der Waals surface area contributed by atoms with E-state index in [1.54, 1.807) is 0 Å². The van der Waals surface area contributed by atoms with Crippen molar-refractivity contribution in [3.8, 4) is 0 Å². The van der Waals surface area contributed by atoms with Gasteiger partial charge < -0.3 is 0 Å². The van der Waals surface area contributed by atoms with E-state index in [2.05, 4.69) is 0 Å². The van der Waals surface area contributed by atoms with Crippen molar-refractivity contribution in [3.63, 3.8) is 0 Å². The number of ketones is 1. The Kier molecular flexibility index (Phi) is 0.873. The molecule has 2 atom stereocenters.